The normalized spacial score (nSPS) is 22.3. The average Bonchev–Trinajstić information content (AvgIpc) is 2.65. The van der Waals surface area contributed by atoms with Crippen molar-refractivity contribution >= 4 is 15.9 Å². The predicted octanol–water partition coefficient (Wildman–Crippen LogP) is 4.81. The van der Waals surface area contributed by atoms with Gasteiger partial charge < -0.3 is 4.57 Å². The fourth-order valence-electron chi connectivity index (χ4n) is 4.09. The standard InChI is InChI=1S/C17H27BrN2/c1-14-19-15-8-4-5-9-16(15)20(14)13-17(12-18)10-6-2-3-7-11-17/h2-13H2,1H3. The molecule has 1 saturated carbocycles. The van der Waals surface area contributed by atoms with Gasteiger partial charge in [-0.3, -0.25) is 0 Å². The first kappa shape index (κ1) is 14.6. The molecule has 2 aliphatic rings. The summed E-state index contributed by atoms with van der Waals surface area (Å²) in [6.45, 7) is 3.39. The zero-order valence-electron chi connectivity index (χ0n) is 12.8. The van der Waals surface area contributed by atoms with E-state index in [1.165, 1.54) is 82.3 Å². The van der Waals surface area contributed by atoms with Crippen molar-refractivity contribution in [2.24, 2.45) is 5.41 Å². The lowest BCUT2D eigenvalue weighted by atomic mass is 9.82. The molecule has 1 aromatic rings. The quantitative estimate of drug-likeness (QED) is 0.571. The van der Waals surface area contributed by atoms with Crippen LogP contribution in [0.25, 0.3) is 0 Å². The third-order valence-electron chi connectivity index (χ3n) is 5.36. The van der Waals surface area contributed by atoms with Crippen molar-refractivity contribution < 1.29 is 0 Å². The van der Waals surface area contributed by atoms with Crippen molar-refractivity contribution in [1.29, 1.82) is 0 Å². The van der Waals surface area contributed by atoms with E-state index >= 15 is 0 Å². The van der Waals surface area contributed by atoms with Gasteiger partial charge in [-0.25, -0.2) is 4.98 Å². The van der Waals surface area contributed by atoms with Crippen LogP contribution >= 0.6 is 15.9 Å². The van der Waals surface area contributed by atoms with Crippen LogP contribution in [0.2, 0.25) is 0 Å². The number of fused-ring (bicyclic) bond motifs is 1. The Morgan fingerprint density at radius 1 is 1.05 bits per heavy atom. The van der Waals surface area contributed by atoms with Crippen LogP contribution in [0.3, 0.4) is 0 Å². The number of hydrogen-bond donors (Lipinski definition) is 0. The summed E-state index contributed by atoms with van der Waals surface area (Å²) in [5.41, 5.74) is 3.41. The van der Waals surface area contributed by atoms with Crippen LogP contribution in [0.15, 0.2) is 0 Å². The van der Waals surface area contributed by atoms with Crippen LogP contribution in [-0.4, -0.2) is 14.9 Å². The lowest BCUT2D eigenvalue weighted by Crippen LogP contribution is -2.30. The number of rotatable bonds is 3. The van der Waals surface area contributed by atoms with Crippen LogP contribution in [0, 0.1) is 12.3 Å². The highest BCUT2D eigenvalue weighted by Gasteiger charge is 2.32. The number of nitrogens with zero attached hydrogens (tertiary/aromatic N) is 2. The molecule has 0 unspecified atom stereocenters. The Morgan fingerprint density at radius 3 is 2.45 bits per heavy atom. The van der Waals surface area contributed by atoms with Crippen molar-refractivity contribution in [2.75, 3.05) is 5.33 Å². The second-order valence-electron chi connectivity index (χ2n) is 6.89. The van der Waals surface area contributed by atoms with Gasteiger partial charge >= 0.3 is 0 Å². The first-order valence-electron chi connectivity index (χ1n) is 8.35. The predicted molar refractivity (Wildman–Crippen MR) is 87.5 cm³/mol. The SMILES string of the molecule is Cc1nc2c(n1CC1(CBr)CCCCCC1)CCCC2. The molecule has 2 nitrogen and oxygen atoms in total. The summed E-state index contributed by atoms with van der Waals surface area (Å²) in [6, 6.07) is 0. The molecule has 3 heteroatoms. The molecule has 112 valence electrons. The number of imidazole rings is 1. The molecule has 0 spiro atoms. The maximum Gasteiger partial charge on any atom is 0.106 e. The molecule has 1 aromatic heterocycles. The Morgan fingerprint density at radius 2 is 1.75 bits per heavy atom. The van der Waals surface area contributed by atoms with Gasteiger partial charge in [0.05, 0.1) is 5.69 Å². The Balaban J connectivity index is 1.87. The van der Waals surface area contributed by atoms with E-state index in [9.17, 15) is 0 Å². The highest BCUT2D eigenvalue weighted by molar-refractivity contribution is 9.09. The number of halogens is 1. The average molecular weight is 339 g/mol. The Bertz CT molecular complexity index is 456. The van der Waals surface area contributed by atoms with Gasteiger partial charge in [0, 0.05) is 17.6 Å². The topological polar surface area (TPSA) is 17.8 Å². The summed E-state index contributed by atoms with van der Waals surface area (Å²) in [5, 5.41) is 1.15. The van der Waals surface area contributed by atoms with Gasteiger partial charge in [0.15, 0.2) is 0 Å². The molecule has 0 amide bonds. The van der Waals surface area contributed by atoms with Crippen molar-refractivity contribution in [1.82, 2.24) is 9.55 Å². The fourth-order valence-corrected chi connectivity index (χ4v) is 4.83. The number of hydrogen-bond acceptors (Lipinski definition) is 1. The zero-order valence-corrected chi connectivity index (χ0v) is 14.3. The molecule has 0 N–H and O–H groups in total. The van der Waals surface area contributed by atoms with Crippen molar-refractivity contribution in [3.05, 3.63) is 17.2 Å². The molecule has 2 aliphatic carbocycles. The number of aromatic nitrogens is 2. The summed E-state index contributed by atoms with van der Waals surface area (Å²) < 4.78 is 2.57. The molecule has 0 saturated heterocycles. The van der Waals surface area contributed by atoms with E-state index in [0.717, 1.165) is 5.33 Å². The molecule has 20 heavy (non-hydrogen) atoms. The van der Waals surface area contributed by atoms with Crippen LogP contribution in [-0.2, 0) is 19.4 Å². The van der Waals surface area contributed by atoms with Gasteiger partial charge in [0.25, 0.3) is 0 Å². The van der Waals surface area contributed by atoms with Crippen LogP contribution in [0.4, 0.5) is 0 Å². The highest BCUT2D eigenvalue weighted by atomic mass is 79.9. The van der Waals surface area contributed by atoms with Crippen LogP contribution < -0.4 is 0 Å². The second kappa shape index (κ2) is 6.21. The third-order valence-corrected chi connectivity index (χ3v) is 6.55. The minimum atomic E-state index is 0.465. The molecule has 0 bridgehead atoms. The van der Waals surface area contributed by atoms with Crippen LogP contribution in [0.1, 0.15) is 68.6 Å². The lowest BCUT2D eigenvalue weighted by molar-refractivity contribution is 0.237. The van der Waals surface area contributed by atoms with E-state index in [1.807, 2.05) is 0 Å². The molecule has 0 radical (unpaired) electrons. The molecule has 1 heterocycles. The molecular formula is C17H27BrN2. The Kier molecular flexibility index (Phi) is 4.54. The van der Waals surface area contributed by atoms with E-state index in [-0.39, 0.29) is 0 Å². The number of aryl methyl sites for hydroxylation is 2. The third kappa shape index (κ3) is 2.84. The van der Waals surface area contributed by atoms with Gasteiger partial charge in [-0.2, -0.15) is 0 Å². The summed E-state index contributed by atoms with van der Waals surface area (Å²) in [4.78, 5) is 4.85. The smallest absolute Gasteiger partial charge is 0.106 e. The van der Waals surface area contributed by atoms with Crippen LogP contribution in [0.5, 0.6) is 0 Å². The van der Waals surface area contributed by atoms with Gasteiger partial charge in [-0.05, 0) is 50.9 Å². The van der Waals surface area contributed by atoms with Crippen molar-refractivity contribution in [2.45, 2.75) is 77.7 Å². The second-order valence-corrected chi connectivity index (χ2v) is 7.45. The van der Waals surface area contributed by atoms with E-state index < -0.39 is 0 Å². The maximum absolute atomic E-state index is 4.85. The van der Waals surface area contributed by atoms with E-state index in [1.54, 1.807) is 5.69 Å². The summed E-state index contributed by atoms with van der Waals surface area (Å²) in [7, 11) is 0. The molecule has 1 fully saturated rings. The molecule has 0 aliphatic heterocycles. The molecule has 0 aromatic carbocycles. The van der Waals surface area contributed by atoms with Gasteiger partial charge in [0.1, 0.15) is 5.82 Å². The molecule has 0 atom stereocenters. The molecular weight excluding hydrogens is 312 g/mol. The number of alkyl halides is 1. The van der Waals surface area contributed by atoms with Crippen molar-refractivity contribution in [3.8, 4) is 0 Å². The van der Waals surface area contributed by atoms with E-state index in [4.69, 9.17) is 4.98 Å². The van der Waals surface area contributed by atoms with Gasteiger partial charge in [0.2, 0.25) is 0 Å². The first-order valence-corrected chi connectivity index (χ1v) is 9.47. The first-order chi connectivity index (χ1) is 9.74. The van der Waals surface area contributed by atoms with Gasteiger partial charge in [-0.1, -0.05) is 41.6 Å². The fraction of sp³-hybridized carbons (Fsp3) is 0.824. The summed E-state index contributed by atoms with van der Waals surface area (Å²) in [5.74, 6) is 1.25. The Hall–Kier alpha value is -0.310. The lowest BCUT2D eigenvalue weighted by Gasteiger charge is -2.33. The zero-order chi connectivity index (χ0) is 14.0. The minimum Gasteiger partial charge on any atom is -0.331 e. The Labute approximate surface area is 131 Å². The maximum atomic E-state index is 4.85. The highest BCUT2D eigenvalue weighted by Crippen LogP contribution is 2.39. The summed E-state index contributed by atoms with van der Waals surface area (Å²) >= 11 is 3.84. The van der Waals surface area contributed by atoms with E-state index in [2.05, 4.69) is 27.4 Å². The minimum absolute atomic E-state index is 0.465. The summed E-state index contributed by atoms with van der Waals surface area (Å²) in [6.07, 6.45) is 13.5. The van der Waals surface area contributed by atoms with E-state index in [0.29, 0.717) is 5.41 Å². The largest absolute Gasteiger partial charge is 0.331 e. The molecule has 3 rings (SSSR count). The monoisotopic (exact) mass is 338 g/mol. The van der Waals surface area contributed by atoms with Gasteiger partial charge in [-0.15, -0.1) is 0 Å². The van der Waals surface area contributed by atoms with Crippen molar-refractivity contribution in [3.63, 3.8) is 0 Å².